The van der Waals surface area contributed by atoms with Crippen molar-refractivity contribution < 1.29 is 9.59 Å². The molecule has 0 atom stereocenters. The highest BCUT2D eigenvalue weighted by molar-refractivity contribution is 7.11. The molecular weight excluding hydrogens is 358 g/mol. The van der Waals surface area contributed by atoms with E-state index in [1.165, 1.54) is 9.78 Å². The maximum Gasteiger partial charge on any atom is 0.318 e. The van der Waals surface area contributed by atoms with E-state index in [1.807, 2.05) is 37.3 Å². The topological polar surface area (TPSA) is 52.7 Å². The second-order valence-electron chi connectivity index (χ2n) is 6.25. The normalized spacial score (nSPS) is 10.3. The van der Waals surface area contributed by atoms with E-state index in [-0.39, 0.29) is 18.5 Å². The summed E-state index contributed by atoms with van der Waals surface area (Å²) in [6.45, 7) is 9.50. The van der Waals surface area contributed by atoms with E-state index < -0.39 is 0 Å². The van der Waals surface area contributed by atoms with Gasteiger partial charge in [-0.2, -0.15) is 0 Å². The van der Waals surface area contributed by atoms with E-state index in [0.29, 0.717) is 26.2 Å². The third-order valence-corrected chi connectivity index (χ3v) is 4.99. The third-order valence-electron chi connectivity index (χ3n) is 4.00. The highest BCUT2D eigenvalue weighted by Gasteiger charge is 2.21. The molecule has 5 nitrogen and oxygen atoms in total. The Labute approximate surface area is 165 Å². The Balaban J connectivity index is 2.15. The average Bonchev–Trinajstić information content (AvgIpc) is 3.06. The van der Waals surface area contributed by atoms with Gasteiger partial charge in [0.15, 0.2) is 0 Å². The summed E-state index contributed by atoms with van der Waals surface area (Å²) in [7, 11) is 0. The molecule has 27 heavy (non-hydrogen) atoms. The van der Waals surface area contributed by atoms with Crippen molar-refractivity contribution in [2.75, 3.05) is 19.6 Å². The monoisotopic (exact) mass is 385 g/mol. The second-order valence-corrected chi connectivity index (χ2v) is 7.62. The van der Waals surface area contributed by atoms with Crippen molar-refractivity contribution in [3.63, 3.8) is 0 Å². The van der Waals surface area contributed by atoms with Gasteiger partial charge in [-0.15, -0.1) is 17.9 Å². The number of thiophene rings is 1. The van der Waals surface area contributed by atoms with Crippen molar-refractivity contribution in [1.82, 2.24) is 15.1 Å². The van der Waals surface area contributed by atoms with Crippen molar-refractivity contribution in [3.05, 3.63) is 70.4 Å². The fourth-order valence-electron chi connectivity index (χ4n) is 2.70. The molecule has 3 amide bonds. The summed E-state index contributed by atoms with van der Waals surface area (Å²) in [5.41, 5.74) is 1.06. The van der Waals surface area contributed by atoms with Crippen molar-refractivity contribution >= 4 is 23.3 Å². The molecule has 2 rings (SSSR count). The first-order valence-corrected chi connectivity index (χ1v) is 9.85. The van der Waals surface area contributed by atoms with Crippen LogP contribution in [0.2, 0.25) is 0 Å². The molecule has 0 aliphatic carbocycles. The number of nitrogens with zero attached hydrogens (tertiary/aromatic N) is 2. The molecule has 0 radical (unpaired) electrons. The molecule has 1 heterocycles. The van der Waals surface area contributed by atoms with E-state index in [0.717, 1.165) is 10.4 Å². The van der Waals surface area contributed by atoms with Gasteiger partial charge in [0.1, 0.15) is 6.54 Å². The predicted octanol–water partition coefficient (Wildman–Crippen LogP) is 3.80. The summed E-state index contributed by atoms with van der Waals surface area (Å²) < 4.78 is 0. The summed E-state index contributed by atoms with van der Waals surface area (Å²) >= 11 is 1.68. The zero-order chi connectivity index (χ0) is 19.6. The highest BCUT2D eigenvalue weighted by Crippen LogP contribution is 2.19. The number of hydrogen-bond donors (Lipinski definition) is 1. The van der Waals surface area contributed by atoms with Crippen LogP contribution in [0.15, 0.2) is 55.1 Å². The van der Waals surface area contributed by atoms with Crippen molar-refractivity contribution in [2.45, 2.75) is 26.9 Å². The van der Waals surface area contributed by atoms with Gasteiger partial charge in [-0.1, -0.05) is 36.4 Å². The highest BCUT2D eigenvalue weighted by atomic mass is 32.1. The molecular formula is C21H27N3O2S. The summed E-state index contributed by atoms with van der Waals surface area (Å²) in [6.07, 6.45) is 1.63. The Hall–Kier alpha value is -2.60. The Bertz CT molecular complexity index is 758. The number of amides is 3. The van der Waals surface area contributed by atoms with Crippen LogP contribution in [-0.2, 0) is 17.9 Å². The Morgan fingerprint density at radius 3 is 2.44 bits per heavy atom. The molecule has 2 aromatic rings. The number of rotatable bonds is 9. The molecule has 1 N–H and O–H groups in total. The third kappa shape index (κ3) is 6.57. The fraction of sp³-hybridized carbons (Fsp3) is 0.333. The van der Waals surface area contributed by atoms with Crippen LogP contribution < -0.4 is 5.32 Å². The first-order chi connectivity index (χ1) is 13.0. The SMILES string of the molecule is C=CCN(CC(=O)N(Cc1ccccc1)Cc1ccc(C)s1)C(=O)NCC. The number of carbonyl (C=O) groups excluding carboxylic acids is 2. The smallest absolute Gasteiger partial charge is 0.318 e. The van der Waals surface area contributed by atoms with Crippen LogP contribution in [0.3, 0.4) is 0 Å². The molecule has 0 aliphatic heterocycles. The lowest BCUT2D eigenvalue weighted by atomic mass is 10.2. The number of benzene rings is 1. The van der Waals surface area contributed by atoms with Crippen molar-refractivity contribution in [2.24, 2.45) is 0 Å². The van der Waals surface area contributed by atoms with Crippen LogP contribution in [0.4, 0.5) is 4.79 Å². The zero-order valence-electron chi connectivity index (χ0n) is 16.0. The summed E-state index contributed by atoms with van der Waals surface area (Å²) in [5.74, 6) is -0.0852. The summed E-state index contributed by atoms with van der Waals surface area (Å²) in [6, 6.07) is 13.8. The van der Waals surface area contributed by atoms with Crippen LogP contribution in [0.1, 0.15) is 22.2 Å². The maximum atomic E-state index is 13.0. The lowest BCUT2D eigenvalue weighted by molar-refractivity contribution is -0.133. The van der Waals surface area contributed by atoms with Crippen LogP contribution in [0.25, 0.3) is 0 Å². The lowest BCUT2D eigenvalue weighted by Crippen LogP contribution is -2.46. The first kappa shape index (κ1) is 20.7. The van der Waals surface area contributed by atoms with Crippen molar-refractivity contribution in [1.29, 1.82) is 0 Å². The number of hydrogen-bond acceptors (Lipinski definition) is 3. The molecule has 0 saturated carbocycles. The first-order valence-electron chi connectivity index (χ1n) is 9.04. The average molecular weight is 386 g/mol. The number of urea groups is 1. The van der Waals surface area contributed by atoms with Crippen LogP contribution in [0, 0.1) is 6.92 Å². The minimum absolute atomic E-state index is 0.0229. The quantitative estimate of drug-likeness (QED) is 0.668. The standard InChI is InChI=1S/C21H27N3O2S/c1-4-13-23(21(26)22-5-2)16-20(25)24(14-18-9-7-6-8-10-18)15-19-12-11-17(3)27-19/h4,6-12H,1,5,13-16H2,2-3H3,(H,22,26). The van der Waals surface area contributed by atoms with Gasteiger partial charge in [-0.3, -0.25) is 4.79 Å². The van der Waals surface area contributed by atoms with E-state index in [4.69, 9.17) is 0 Å². The summed E-state index contributed by atoms with van der Waals surface area (Å²) in [4.78, 5) is 30.9. The van der Waals surface area contributed by atoms with E-state index >= 15 is 0 Å². The Kier molecular flexibility index (Phi) is 8.07. The molecule has 144 valence electrons. The molecule has 6 heteroatoms. The largest absolute Gasteiger partial charge is 0.338 e. The molecule has 0 spiro atoms. The molecule has 0 saturated heterocycles. The van der Waals surface area contributed by atoms with Crippen molar-refractivity contribution in [3.8, 4) is 0 Å². The molecule has 0 aliphatic rings. The van der Waals surface area contributed by atoms with Crippen LogP contribution in [0.5, 0.6) is 0 Å². The van der Waals surface area contributed by atoms with Gasteiger partial charge in [0.25, 0.3) is 0 Å². The van der Waals surface area contributed by atoms with Gasteiger partial charge in [0, 0.05) is 29.4 Å². The molecule has 0 fully saturated rings. The van der Waals surface area contributed by atoms with Gasteiger partial charge in [-0.05, 0) is 31.5 Å². The van der Waals surface area contributed by atoms with Gasteiger partial charge in [-0.25, -0.2) is 4.79 Å². The molecule has 1 aromatic carbocycles. The Morgan fingerprint density at radius 1 is 1.11 bits per heavy atom. The van der Waals surface area contributed by atoms with Gasteiger partial charge in [0.05, 0.1) is 6.54 Å². The van der Waals surface area contributed by atoms with Crippen LogP contribution >= 0.6 is 11.3 Å². The number of nitrogens with one attached hydrogen (secondary N) is 1. The minimum Gasteiger partial charge on any atom is -0.338 e. The zero-order valence-corrected chi connectivity index (χ0v) is 16.8. The summed E-state index contributed by atoms with van der Waals surface area (Å²) in [5, 5.41) is 2.75. The molecule has 0 unspecified atom stereocenters. The second kappa shape index (κ2) is 10.5. The molecule has 1 aromatic heterocycles. The lowest BCUT2D eigenvalue weighted by Gasteiger charge is -2.27. The Morgan fingerprint density at radius 2 is 1.85 bits per heavy atom. The minimum atomic E-state index is -0.252. The number of aryl methyl sites for hydroxylation is 1. The predicted molar refractivity (Wildman–Crippen MR) is 111 cm³/mol. The maximum absolute atomic E-state index is 13.0. The van der Waals surface area contributed by atoms with E-state index in [1.54, 1.807) is 22.3 Å². The molecule has 0 bridgehead atoms. The fourth-order valence-corrected chi connectivity index (χ4v) is 3.60. The van der Waals surface area contributed by atoms with E-state index in [9.17, 15) is 9.59 Å². The van der Waals surface area contributed by atoms with Gasteiger partial charge < -0.3 is 15.1 Å². The number of carbonyl (C=O) groups is 2. The van der Waals surface area contributed by atoms with Gasteiger partial charge >= 0.3 is 6.03 Å². The van der Waals surface area contributed by atoms with Gasteiger partial charge in [0.2, 0.25) is 5.91 Å². The van der Waals surface area contributed by atoms with Crippen LogP contribution in [-0.4, -0.2) is 41.4 Å². The van der Waals surface area contributed by atoms with E-state index in [2.05, 4.69) is 31.0 Å².